The molecule has 0 unspecified atom stereocenters. The van der Waals surface area contributed by atoms with E-state index in [9.17, 15) is 0 Å². The minimum Gasteiger partial charge on any atom is -0.296 e. The summed E-state index contributed by atoms with van der Waals surface area (Å²) in [5.74, 6) is 6.65. The van der Waals surface area contributed by atoms with Crippen molar-refractivity contribution in [3.8, 4) is 11.3 Å². The molecule has 0 amide bonds. The number of aromatic nitrogens is 2. The van der Waals surface area contributed by atoms with Crippen LogP contribution in [0.2, 0.25) is 10.0 Å². The van der Waals surface area contributed by atoms with Crippen molar-refractivity contribution in [2.45, 2.75) is 0 Å². The van der Waals surface area contributed by atoms with Gasteiger partial charge in [-0.15, -0.1) is 5.10 Å². The number of nitrogens with two attached hydrogens (primary N) is 1. The highest BCUT2D eigenvalue weighted by Crippen LogP contribution is 2.42. The summed E-state index contributed by atoms with van der Waals surface area (Å²) in [5, 5.41) is 9.06. The van der Waals surface area contributed by atoms with Crippen molar-refractivity contribution >= 4 is 45.3 Å². The molecule has 4 aromatic rings. The third kappa shape index (κ3) is 2.15. The fourth-order valence-corrected chi connectivity index (χ4v) is 3.53. The van der Waals surface area contributed by atoms with Crippen molar-refractivity contribution in [1.82, 2.24) is 9.61 Å². The van der Waals surface area contributed by atoms with Gasteiger partial charge in [-0.25, -0.2) is 10.4 Å². The molecular formula is C18H14Cl2N4. The van der Waals surface area contributed by atoms with Crippen molar-refractivity contribution in [2.24, 2.45) is 5.84 Å². The summed E-state index contributed by atoms with van der Waals surface area (Å²) < 4.78 is 1.78. The van der Waals surface area contributed by atoms with E-state index in [-0.39, 0.29) is 0 Å². The average Bonchev–Trinajstić information content (AvgIpc) is 2.86. The SMILES string of the molecule is CN(N)c1nn2c(-c3ccccc3)c(Cl)c(Cl)c2c2ccccc12. The zero-order valence-electron chi connectivity index (χ0n) is 12.9. The first kappa shape index (κ1) is 15.3. The quantitative estimate of drug-likeness (QED) is 0.415. The van der Waals surface area contributed by atoms with E-state index in [2.05, 4.69) is 0 Å². The molecule has 120 valence electrons. The van der Waals surface area contributed by atoms with Crippen LogP contribution in [0.15, 0.2) is 54.6 Å². The van der Waals surface area contributed by atoms with Gasteiger partial charge < -0.3 is 0 Å². The number of hydrogen-bond acceptors (Lipinski definition) is 3. The van der Waals surface area contributed by atoms with Gasteiger partial charge in [-0.2, -0.15) is 0 Å². The Hall–Kier alpha value is -2.27. The molecule has 0 saturated carbocycles. The molecule has 2 N–H and O–H groups in total. The van der Waals surface area contributed by atoms with Gasteiger partial charge in [0.1, 0.15) is 0 Å². The minimum atomic E-state index is 0.484. The van der Waals surface area contributed by atoms with Gasteiger partial charge in [-0.3, -0.25) is 5.01 Å². The van der Waals surface area contributed by atoms with Gasteiger partial charge in [0.2, 0.25) is 0 Å². The number of hydrogen-bond donors (Lipinski definition) is 1. The molecule has 24 heavy (non-hydrogen) atoms. The van der Waals surface area contributed by atoms with Crippen molar-refractivity contribution in [3.05, 3.63) is 64.6 Å². The second kappa shape index (κ2) is 5.67. The Morgan fingerprint density at radius 2 is 1.54 bits per heavy atom. The number of nitrogens with zero attached hydrogens (tertiary/aromatic N) is 3. The average molecular weight is 357 g/mol. The fraction of sp³-hybridized carbons (Fsp3) is 0.0556. The number of rotatable bonds is 2. The van der Waals surface area contributed by atoms with Crippen LogP contribution >= 0.6 is 23.2 Å². The van der Waals surface area contributed by atoms with Crippen LogP contribution in [0.4, 0.5) is 5.82 Å². The summed E-state index contributed by atoms with van der Waals surface area (Å²) in [4.78, 5) is 0. The smallest absolute Gasteiger partial charge is 0.171 e. The maximum Gasteiger partial charge on any atom is 0.171 e. The molecule has 0 aliphatic rings. The van der Waals surface area contributed by atoms with Gasteiger partial charge >= 0.3 is 0 Å². The van der Waals surface area contributed by atoms with Crippen LogP contribution in [-0.2, 0) is 0 Å². The third-order valence-electron chi connectivity index (χ3n) is 4.03. The summed E-state index contributed by atoms with van der Waals surface area (Å²) in [5.41, 5.74) is 2.48. The van der Waals surface area contributed by atoms with E-state index in [1.165, 1.54) is 5.01 Å². The summed E-state index contributed by atoms with van der Waals surface area (Å²) in [6, 6.07) is 17.7. The van der Waals surface area contributed by atoms with Crippen molar-refractivity contribution < 1.29 is 0 Å². The lowest BCUT2D eigenvalue weighted by Crippen LogP contribution is -2.27. The maximum absolute atomic E-state index is 6.57. The first-order chi connectivity index (χ1) is 11.6. The standard InChI is InChI=1S/C18H14Cl2N4/c1-23(21)18-13-10-6-5-9-12(13)17-15(20)14(19)16(24(17)22-18)11-7-3-2-4-8-11/h2-10H,21H2,1H3. The fourth-order valence-electron chi connectivity index (χ4n) is 2.98. The highest BCUT2D eigenvalue weighted by Gasteiger charge is 2.22. The Bertz CT molecular complexity index is 1060. The van der Waals surface area contributed by atoms with Crippen molar-refractivity contribution in [3.63, 3.8) is 0 Å². The normalized spacial score (nSPS) is 11.3. The highest BCUT2D eigenvalue weighted by atomic mass is 35.5. The Balaban J connectivity index is 2.22. The molecule has 0 radical (unpaired) electrons. The Kier molecular flexibility index (Phi) is 3.61. The Morgan fingerprint density at radius 1 is 0.917 bits per heavy atom. The molecule has 2 aromatic carbocycles. The molecule has 0 bridgehead atoms. The lowest BCUT2D eigenvalue weighted by Gasteiger charge is -2.15. The van der Waals surface area contributed by atoms with Crippen LogP contribution in [0.5, 0.6) is 0 Å². The largest absolute Gasteiger partial charge is 0.296 e. The van der Waals surface area contributed by atoms with E-state index < -0.39 is 0 Å². The number of anilines is 1. The highest BCUT2D eigenvalue weighted by molar-refractivity contribution is 6.47. The van der Waals surface area contributed by atoms with Crippen molar-refractivity contribution in [1.29, 1.82) is 0 Å². The molecule has 0 fully saturated rings. The molecule has 2 heterocycles. The molecule has 6 heteroatoms. The summed E-state index contributed by atoms with van der Waals surface area (Å²) in [6.07, 6.45) is 0. The number of halogens is 2. The van der Waals surface area contributed by atoms with Crippen LogP contribution in [0.25, 0.3) is 27.5 Å². The van der Waals surface area contributed by atoms with Crippen molar-refractivity contribution in [2.75, 3.05) is 12.1 Å². The third-order valence-corrected chi connectivity index (χ3v) is 4.86. The van der Waals surface area contributed by atoms with Gasteiger partial charge in [0, 0.05) is 23.4 Å². The topological polar surface area (TPSA) is 46.6 Å². The Morgan fingerprint density at radius 3 is 2.21 bits per heavy atom. The maximum atomic E-state index is 6.57. The van der Waals surface area contributed by atoms with E-state index in [1.807, 2.05) is 54.6 Å². The van der Waals surface area contributed by atoms with Crippen LogP contribution in [-0.4, -0.2) is 16.7 Å². The van der Waals surface area contributed by atoms with E-state index >= 15 is 0 Å². The van der Waals surface area contributed by atoms with Crippen LogP contribution in [0.3, 0.4) is 0 Å². The van der Waals surface area contributed by atoms with E-state index in [0.29, 0.717) is 15.9 Å². The van der Waals surface area contributed by atoms with E-state index in [4.69, 9.17) is 34.1 Å². The summed E-state index contributed by atoms with van der Waals surface area (Å²) >= 11 is 13.1. The lowest BCUT2D eigenvalue weighted by atomic mass is 10.1. The molecule has 0 spiro atoms. The molecule has 4 nitrogen and oxygen atoms in total. The van der Waals surface area contributed by atoms with Gasteiger partial charge in [0.05, 0.1) is 21.3 Å². The van der Waals surface area contributed by atoms with E-state index in [1.54, 1.807) is 11.6 Å². The molecular weight excluding hydrogens is 343 g/mol. The molecule has 0 aliphatic heterocycles. The van der Waals surface area contributed by atoms with E-state index in [0.717, 1.165) is 27.5 Å². The van der Waals surface area contributed by atoms with Crippen LogP contribution in [0.1, 0.15) is 0 Å². The monoisotopic (exact) mass is 356 g/mol. The van der Waals surface area contributed by atoms with Gasteiger partial charge in [0.15, 0.2) is 5.82 Å². The van der Waals surface area contributed by atoms with Gasteiger partial charge in [0.25, 0.3) is 0 Å². The number of fused-ring (bicyclic) bond motifs is 3. The van der Waals surface area contributed by atoms with Crippen LogP contribution < -0.4 is 10.9 Å². The zero-order chi connectivity index (χ0) is 16.8. The summed E-state index contributed by atoms with van der Waals surface area (Å²) in [6.45, 7) is 0. The van der Waals surface area contributed by atoms with Gasteiger partial charge in [-0.1, -0.05) is 77.8 Å². The Labute approximate surface area is 149 Å². The summed E-state index contributed by atoms with van der Waals surface area (Å²) in [7, 11) is 1.76. The first-order valence-corrected chi connectivity index (χ1v) is 8.17. The molecule has 0 saturated heterocycles. The predicted molar refractivity (Wildman–Crippen MR) is 101 cm³/mol. The predicted octanol–water partition coefficient (Wildman–Crippen LogP) is 4.77. The number of benzene rings is 2. The molecule has 2 aromatic heterocycles. The van der Waals surface area contributed by atoms with Gasteiger partial charge in [-0.05, 0) is 0 Å². The lowest BCUT2D eigenvalue weighted by molar-refractivity contribution is 0.893. The molecule has 4 rings (SSSR count). The molecule has 0 aliphatic carbocycles. The second-order valence-corrected chi connectivity index (χ2v) is 6.34. The molecule has 0 atom stereocenters. The number of hydrazine groups is 1. The zero-order valence-corrected chi connectivity index (χ0v) is 14.4. The minimum absolute atomic E-state index is 0.484. The van der Waals surface area contributed by atoms with Crippen LogP contribution in [0, 0.1) is 0 Å². The first-order valence-electron chi connectivity index (χ1n) is 7.42. The second-order valence-electron chi connectivity index (χ2n) is 5.58.